The number of Topliss-reactive ketones (excluding diaryl/α,β-unsaturated/α-hetero) is 1. The molecule has 1 fully saturated rings. The lowest BCUT2D eigenvalue weighted by Gasteiger charge is -2.29. The van der Waals surface area contributed by atoms with E-state index in [4.69, 9.17) is 4.74 Å². The van der Waals surface area contributed by atoms with Crippen molar-refractivity contribution in [1.82, 2.24) is 4.90 Å². The summed E-state index contributed by atoms with van der Waals surface area (Å²) in [5.74, 6) is -0.0496. The second kappa shape index (κ2) is 9.34. The molecule has 4 nitrogen and oxygen atoms in total. The first-order chi connectivity index (χ1) is 13.5. The van der Waals surface area contributed by atoms with Gasteiger partial charge in [0, 0.05) is 20.1 Å². The van der Waals surface area contributed by atoms with Gasteiger partial charge in [-0.1, -0.05) is 56.1 Å². The zero-order valence-electron chi connectivity index (χ0n) is 15.3. The number of likely N-dealkylation sites (tertiary alicyclic amines) is 1. The van der Waals surface area contributed by atoms with Crippen molar-refractivity contribution in [3.05, 3.63) is 79.7 Å². The van der Waals surface area contributed by atoms with Gasteiger partial charge in [-0.05, 0) is 54.5 Å². The summed E-state index contributed by atoms with van der Waals surface area (Å²) in [6.45, 7) is 2.52. The highest BCUT2D eigenvalue weighted by molar-refractivity contribution is 9.10. The van der Waals surface area contributed by atoms with E-state index in [0.29, 0.717) is 17.8 Å². The van der Waals surface area contributed by atoms with Crippen molar-refractivity contribution in [3.8, 4) is 0 Å². The fourth-order valence-electron chi connectivity index (χ4n) is 2.90. The number of carbonyl (C=O) groups is 2. The topological polar surface area (TPSA) is 46.6 Å². The molecule has 0 unspecified atom stereocenters. The Labute approximate surface area is 181 Å². The first-order valence-corrected chi connectivity index (χ1v) is 10.4. The van der Waals surface area contributed by atoms with Crippen LogP contribution in [-0.2, 0) is 9.53 Å². The minimum atomic E-state index is -0.418. The summed E-state index contributed by atoms with van der Waals surface area (Å²) in [4.78, 5) is 26.9. The Morgan fingerprint density at radius 2 is 1.36 bits per heavy atom. The fraction of sp³-hybridized carbons (Fsp3) is 0.182. The molecule has 0 N–H and O–H groups in total. The first kappa shape index (κ1) is 20.6. The molecule has 2 aromatic carbocycles. The second-order valence-corrected chi connectivity index (χ2v) is 8.16. The van der Waals surface area contributed by atoms with Crippen LogP contribution < -0.4 is 0 Å². The van der Waals surface area contributed by atoms with E-state index in [2.05, 4.69) is 31.9 Å². The van der Waals surface area contributed by atoms with Gasteiger partial charge in [0.1, 0.15) is 0 Å². The van der Waals surface area contributed by atoms with Crippen molar-refractivity contribution in [2.45, 2.75) is 6.92 Å². The predicted octanol–water partition coefficient (Wildman–Crippen LogP) is 5.72. The molecule has 1 aliphatic heterocycles. The Morgan fingerprint density at radius 1 is 0.929 bits per heavy atom. The summed E-state index contributed by atoms with van der Waals surface area (Å²) in [6, 6.07) is 15.4. The second-order valence-electron chi connectivity index (χ2n) is 6.33. The van der Waals surface area contributed by atoms with Crippen LogP contribution in [0.4, 0.5) is 4.79 Å². The average Bonchev–Trinajstić information content (AvgIpc) is 2.68. The number of hydrogen-bond acceptors (Lipinski definition) is 3. The number of carbonyl (C=O) groups excluding carboxylic acids is 2. The van der Waals surface area contributed by atoms with E-state index in [1.54, 1.807) is 11.8 Å². The molecule has 1 heterocycles. The van der Waals surface area contributed by atoms with Gasteiger partial charge >= 0.3 is 6.09 Å². The Morgan fingerprint density at radius 3 is 1.75 bits per heavy atom. The summed E-state index contributed by atoms with van der Waals surface area (Å²) >= 11 is 6.82. The highest BCUT2D eigenvalue weighted by Gasteiger charge is 2.29. The molecule has 1 amide bonds. The van der Waals surface area contributed by atoms with Gasteiger partial charge in [0.15, 0.2) is 5.78 Å². The number of benzene rings is 2. The molecule has 28 heavy (non-hydrogen) atoms. The summed E-state index contributed by atoms with van der Waals surface area (Å²) in [6.07, 6.45) is 3.24. The Balaban J connectivity index is 1.96. The van der Waals surface area contributed by atoms with E-state index in [0.717, 1.165) is 20.1 Å². The zero-order chi connectivity index (χ0) is 20.1. The minimum absolute atomic E-state index is 0.0496. The van der Waals surface area contributed by atoms with Crippen LogP contribution in [0.25, 0.3) is 12.2 Å². The molecular formula is C22H19Br2NO3. The number of hydrogen-bond donors (Lipinski definition) is 0. The third-order valence-corrected chi connectivity index (χ3v) is 5.31. The molecule has 0 bridgehead atoms. The molecule has 1 saturated heterocycles. The molecule has 0 aromatic heterocycles. The summed E-state index contributed by atoms with van der Waals surface area (Å²) < 4.78 is 7.09. The lowest BCUT2D eigenvalue weighted by atomic mass is 9.94. The molecule has 144 valence electrons. The molecule has 2 aromatic rings. The Bertz CT molecular complexity index is 864. The normalized spacial score (nSPS) is 17.2. The average molecular weight is 505 g/mol. The van der Waals surface area contributed by atoms with E-state index in [-0.39, 0.29) is 18.9 Å². The predicted molar refractivity (Wildman–Crippen MR) is 118 cm³/mol. The number of ether oxygens (including phenoxy) is 1. The van der Waals surface area contributed by atoms with Crippen LogP contribution in [0.5, 0.6) is 0 Å². The van der Waals surface area contributed by atoms with Crippen molar-refractivity contribution in [3.63, 3.8) is 0 Å². The summed E-state index contributed by atoms with van der Waals surface area (Å²) in [5, 5.41) is 0. The van der Waals surface area contributed by atoms with E-state index >= 15 is 0 Å². The van der Waals surface area contributed by atoms with Crippen molar-refractivity contribution in [2.75, 3.05) is 19.7 Å². The summed E-state index contributed by atoms with van der Waals surface area (Å²) in [5.41, 5.74) is 2.93. The van der Waals surface area contributed by atoms with Crippen molar-refractivity contribution < 1.29 is 14.3 Å². The van der Waals surface area contributed by atoms with Gasteiger partial charge < -0.3 is 4.74 Å². The van der Waals surface area contributed by atoms with Crippen LogP contribution in [0.15, 0.2) is 68.6 Å². The van der Waals surface area contributed by atoms with Gasteiger partial charge in [-0.25, -0.2) is 4.79 Å². The third kappa shape index (κ3) is 5.20. The summed E-state index contributed by atoms with van der Waals surface area (Å²) in [7, 11) is 0. The maximum atomic E-state index is 13.1. The largest absolute Gasteiger partial charge is 0.450 e. The number of rotatable bonds is 3. The molecule has 1 aliphatic rings. The molecule has 3 rings (SSSR count). The van der Waals surface area contributed by atoms with Gasteiger partial charge in [-0.15, -0.1) is 0 Å². The standard InChI is InChI=1S/C22H19Br2NO3/c1-2-28-22(27)25-13-17(11-15-3-7-19(23)8-4-15)21(26)18(14-25)12-16-5-9-20(24)10-6-16/h3-12H,2,13-14H2,1H3/b17-11+,18-12+. The maximum Gasteiger partial charge on any atom is 0.410 e. The van der Waals surface area contributed by atoms with E-state index in [9.17, 15) is 9.59 Å². The quantitative estimate of drug-likeness (QED) is 0.502. The number of ketones is 1. The van der Waals surface area contributed by atoms with E-state index in [1.165, 1.54) is 0 Å². The zero-order valence-corrected chi connectivity index (χ0v) is 18.5. The highest BCUT2D eigenvalue weighted by Crippen LogP contribution is 2.24. The highest BCUT2D eigenvalue weighted by atomic mass is 79.9. The number of nitrogens with zero attached hydrogens (tertiary/aromatic N) is 1. The van der Waals surface area contributed by atoms with Crippen molar-refractivity contribution in [2.24, 2.45) is 0 Å². The molecule has 0 atom stereocenters. The van der Waals surface area contributed by atoms with Crippen LogP contribution in [0.3, 0.4) is 0 Å². The van der Waals surface area contributed by atoms with Gasteiger partial charge in [0.05, 0.1) is 19.7 Å². The number of piperidine rings is 1. The Hall–Kier alpha value is -2.18. The van der Waals surface area contributed by atoms with Gasteiger partial charge in [-0.2, -0.15) is 0 Å². The van der Waals surface area contributed by atoms with Crippen LogP contribution in [0.2, 0.25) is 0 Å². The molecule has 0 aliphatic carbocycles. The van der Waals surface area contributed by atoms with Crippen molar-refractivity contribution in [1.29, 1.82) is 0 Å². The maximum absolute atomic E-state index is 13.1. The number of halogens is 2. The van der Waals surface area contributed by atoms with Crippen LogP contribution in [-0.4, -0.2) is 36.5 Å². The van der Waals surface area contributed by atoms with Crippen LogP contribution >= 0.6 is 31.9 Å². The van der Waals surface area contributed by atoms with Crippen LogP contribution in [0.1, 0.15) is 18.1 Å². The minimum Gasteiger partial charge on any atom is -0.450 e. The Kier molecular flexibility index (Phi) is 6.86. The van der Waals surface area contributed by atoms with Gasteiger partial charge in [0.2, 0.25) is 0 Å². The molecule has 0 radical (unpaired) electrons. The SMILES string of the molecule is CCOC(=O)N1C/C(=C\c2ccc(Br)cc2)C(=O)/C(=C/c2ccc(Br)cc2)C1. The molecule has 6 heteroatoms. The lowest BCUT2D eigenvalue weighted by molar-refractivity contribution is -0.113. The molecule has 0 saturated carbocycles. The monoisotopic (exact) mass is 503 g/mol. The lowest BCUT2D eigenvalue weighted by Crippen LogP contribution is -2.41. The van der Waals surface area contributed by atoms with Crippen molar-refractivity contribution >= 4 is 55.9 Å². The first-order valence-electron chi connectivity index (χ1n) is 8.85. The van der Waals surface area contributed by atoms with Gasteiger partial charge in [-0.3, -0.25) is 9.69 Å². The third-order valence-electron chi connectivity index (χ3n) is 4.25. The fourth-order valence-corrected chi connectivity index (χ4v) is 3.43. The van der Waals surface area contributed by atoms with E-state index in [1.807, 2.05) is 60.7 Å². The molecular weight excluding hydrogens is 486 g/mol. The van der Waals surface area contributed by atoms with E-state index < -0.39 is 6.09 Å². The smallest absolute Gasteiger partial charge is 0.410 e. The molecule has 0 spiro atoms. The van der Waals surface area contributed by atoms with Crippen LogP contribution in [0, 0.1) is 0 Å². The number of amides is 1. The van der Waals surface area contributed by atoms with Gasteiger partial charge in [0.25, 0.3) is 0 Å².